The Bertz CT molecular complexity index is 2870. The Morgan fingerprint density at radius 3 is 2.10 bits per heavy atom. The zero-order chi connectivity index (χ0) is 67.6. The first-order chi connectivity index (χ1) is 42.9. The number of carbonyl (C=O) groups excluding carboxylic acids is 9. The summed E-state index contributed by atoms with van der Waals surface area (Å²) in [7, 11) is 3.10. The van der Waals surface area contributed by atoms with Crippen LogP contribution in [0.5, 0.6) is 0 Å². The minimum atomic E-state index is -2.48. The van der Waals surface area contributed by atoms with Crippen molar-refractivity contribution < 1.29 is 86.5 Å². The van der Waals surface area contributed by atoms with E-state index in [2.05, 4.69) is 10.6 Å². The van der Waals surface area contributed by atoms with Gasteiger partial charge < -0.3 is 58.9 Å². The number of hydrogen-bond acceptors (Lipinski definition) is 18. The number of methoxy groups -OCH3 is 2. The number of ketones is 3. The van der Waals surface area contributed by atoms with E-state index < -0.39 is 102 Å². The number of aliphatic hydroxyl groups is 2. The minimum Gasteiger partial charge on any atom is -0.460 e. The number of rotatable bonds is 15. The molecule has 91 heavy (non-hydrogen) atoms. The van der Waals surface area contributed by atoms with E-state index in [0.717, 1.165) is 5.57 Å². The average molecular weight is 1610 g/mol. The van der Waals surface area contributed by atoms with Gasteiger partial charge in [-0.2, -0.15) is 0 Å². The Balaban J connectivity index is 1.29. The van der Waals surface area contributed by atoms with Crippen LogP contribution in [0.25, 0.3) is 0 Å². The lowest BCUT2D eigenvalue weighted by Gasteiger charge is -2.42. The molecule has 3 heterocycles. The van der Waals surface area contributed by atoms with Gasteiger partial charge in [0.15, 0.2) is 0 Å². The van der Waals surface area contributed by atoms with Crippen molar-refractivity contribution >= 4 is 132 Å². The number of fused-ring (bicyclic) bond motifs is 3. The monoisotopic (exact) mass is 1610 g/mol. The normalized spacial score (nSPS) is 31.0. The fraction of sp³-hybridized carbons (Fsp3) is 0.657. The fourth-order valence-corrected chi connectivity index (χ4v) is 16.6. The minimum absolute atomic E-state index is 0.0320. The molecule has 3 amide bonds. The molecule has 21 nitrogen and oxygen atoms in total. The summed E-state index contributed by atoms with van der Waals surface area (Å²) in [6, 6.07) is -1.21. The first-order valence-corrected chi connectivity index (χ1v) is 34.8. The van der Waals surface area contributed by atoms with E-state index in [1.807, 2.05) is 126 Å². The highest BCUT2D eigenvalue weighted by Crippen LogP contribution is 2.41. The third kappa shape index (κ3) is 21.7. The largest absolute Gasteiger partial charge is 0.460 e. The number of halogens is 3. The van der Waals surface area contributed by atoms with Crippen molar-refractivity contribution in [2.24, 2.45) is 41.4 Å². The van der Waals surface area contributed by atoms with Crippen LogP contribution in [0.1, 0.15) is 163 Å². The van der Waals surface area contributed by atoms with E-state index in [1.54, 1.807) is 40.9 Å². The molecule has 1 aromatic carbocycles. The average Bonchev–Trinajstić information content (AvgIpc) is 0.848. The number of allylic oxidation sites excluding steroid dienone is 6. The van der Waals surface area contributed by atoms with Crippen molar-refractivity contribution in [2.45, 2.75) is 201 Å². The van der Waals surface area contributed by atoms with Crippen molar-refractivity contribution in [3.05, 3.63) is 63.9 Å². The molecular formula is C67H94I3N3O18. The number of amides is 3. The lowest BCUT2D eigenvalue weighted by Crippen LogP contribution is -2.61. The molecule has 4 N–H and O–H groups in total. The van der Waals surface area contributed by atoms with E-state index in [9.17, 15) is 53.4 Å². The first-order valence-electron chi connectivity index (χ1n) is 31.6. The van der Waals surface area contributed by atoms with Crippen LogP contribution >= 0.6 is 67.8 Å². The number of nitrogens with one attached hydrogen (secondary N) is 2. The van der Waals surface area contributed by atoms with Gasteiger partial charge in [-0.3, -0.25) is 33.6 Å². The molecule has 0 unspecified atom stereocenters. The smallest absolute Gasteiger partial charge is 0.340 e. The van der Waals surface area contributed by atoms with Gasteiger partial charge >= 0.3 is 17.9 Å². The van der Waals surface area contributed by atoms with Crippen LogP contribution in [0.4, 0.5) is 11.4 Å². The van der Waals surface area contributed by atoms with Gasteiger partial charge in [0.2, 0.25) is 17.6 Å². The second-order valence-corrected chi connectivity index (χ2v) is 28.3. The van der Waals surface area contributed by atoms with Gasteiger partial charge in [0, 0.05) is 71.1 Å². The Hall–Kier alpha value is -4.04. The number of hydrogen-bond donors (Lipinski definition) is 4. The maximum absolute atomic E-state index is 14.7. The molecule has 506 valence electrons. The van der Waals surface area contributed by atoms with Crippen LogP contribution in [-0.4, -0.2) is 157 Å². The van der Waals surface area contributed by atoms with Crippen LogP contribution in [0, 0.1) is 52.1 Å². The first kappa shape index (κ1) is 77.7. The second kappa shape index (κ2) is 36.7. The quantitative estimate of drug-likeness (QED) is 0.0317. The standard InChI is InChI=1S/C67H94I3N3O18/c1-36-18-14-13-15-19-37(2)51(85-11)34-47-23-21-42(7)67(84,91-47)63(80)64(81)73-26-17-16-20-48(73)65(82)90-52(35-49(76)38(3)31-41(6)62(79)43(8)61(78)40(5)30-36)39(4)32-46-22-24-50(53(33-46)86-12)89-54(77)25-27-87-28-29-88-66(83)55-56(68)59(71-44(9)74)58(70)60(57(55)69)72-45(10)75/h13-15,18-19,31,36,38-40,42-43,46-48,50-53,62,79,84H,16-17,20-30,32-35H2,1-12H3,(H,71,74)(H,72,75)/b15-13?,18-14+,37-19?,41-31+/t36-,38-,39-,40-,42-,43+,46+,47+,48+,50-,51+,52+,53-,62-,67-/m1/s1. The molecule has 1 aromatic rings. The van der Waals surface area contributed by atoms with Crippen LogP contribution < -0.4 is 10.6 Å². The summed E-state index contributed by atoms with van der Waals surface area (Å²) >= 11 is 5.89. The lowest BCUT2D eigenvalue weighted by molar-refractivity contribution is -0.265. The Morgan fingerprint density at radius 1 is 0.791 bits per heavy atom. The molecule has 3 aliphatic heterocycles. The van der Waals surface area contributed by atoms with Gasteiger partial charge in [-0.15, -0.1) is 0 Å². The molecule has 15 atom stereocenters. The van der Waals surface area contributed by atoms with Gasteiger partial charge in [0.1, 0.15) is 36.4 Å². The number of anilines is 2. The molecule has 5 rings (SSSR count). The summed E-state index contributed by atoms with van der Waals surface area (Å²) in [5.41, 5.74) is 2.18. The second-order valence-electron chi connectivity index (χ2n) is 25.1. The maximum atomic E-state index is 14.7. The van der Waals surface area contributed by atoms with Crippen molar-refractivity contribution in [1.29, 1.82) is 0 Å². The molecule has 0 spiro atoms. The predicted molar refractivity (Wildman–Crippen MR) is 366 cm³/mol. The topological polar surface area (TPSA) is 286 Å². The third-order valence-corrected chi connectivity index (χ3v) is 21.1. The van der Waals surface area contributed by atoms with Gasteiger partial charge in [-0.25, -0.2) is 9.59 Å². The summed E-state index contributed by atoms with van der Waals surface area (Å²) < 4.78 is 42.8. The van der Waals surface area contributed by atoms with E-state index in [1.165, 1.54) is 25.9 Å². The molecule has 0 radical (unpaired) electrons. The maximum Gasteiger partial charge on any atom is 0.340 e. The van der Waals surface area contributed by atoms with E-state index in [4.69, 9.17) is 33.2 Å². The van der Waals surface area contributed by atoms with Gasteiger partial charge in [0.05, 0.1) is 71.7 Å². The SMILES string of the molecule is CO[C@H]1C[C@@H]2CC[C@@H](C)[C@@](O)(O2)C(=O)C(=O)N2CCCC[C@H]2C(=O)O[C@H]([C@H](C)C[C@@H]2CC[C@@H](OC(=O)CCOCCOC(=O)c3c(I)c(NC(C)=O)c(I)c(NC(C)=O)c3I)[C@H](OC)C2)CC(=O)[C@H](C)/C=C(\C)[C@@H](O)[C@@H](C)C(=O)[C@H](C)C[C@H](C)/C=C/C=CC=C1C. The number of benzene rings is 1. The summed E-state index contributed by atoms with van der Waals surface area (Å²) in [6.07, 6.45) is 11.3. The number of cyclic esters (lactones) is 1. The van der Waals surface area contributed by atoms with Gasteiger partial charge in [-0.1, -0.05) is 78.0 Å². The summed E-state index contributed by atoms with van der Waals surface area (Å²) in [5, 5.41) is 29.1. The van der Waals surface area contributed by atoms with Gasteiger partial charge in [-0.05, 0) is 175 Å². The predicted octanol–water partition coefficient (Wildman–Crippen LogP) is 10.3. The molecule has 4 aliphatic rings. The van der Waals surface area contributed by atoms with Crippen molar-refractivity contribution in [3.8, 4) is 0 Å². The Labute approximate surface area is 576 Å². The molecule has 0 aromatic heterocycles. The molecule has 3 fully saturated rings. The van der Waals surface area contributed by atoms with Crippen molar-refractivity contribution in [1.82, 2.24) is 4.90 Å². The summed E-state index contributed by atoms with van der Waals surface area (Å²) in [5.74, 6) is -11.0. The van der Waals surface area contributed by atoms with Crippen LogP contribution in [-0.2, 0) is 71.5 Å². The van der Waals surface area contributed by atoms with Crippen molar-refractivity contribution in [3.63, 3.8) is 0 Å². The number of esters is 3. The molecule has 24 heteroatoms. The number of piperidine rings is 1. The third-order valence-electron chi connectivity index (χ3n) is 17.9. The number of ether oxygens (including phenoxy) is 7. The molecule has 1 aliphatic carbocycles. The van der Waals surface area contributed by atoms with Gasteiger partial charge in [0.25, 0.3) is 11.7 Å². The van der Waals surface area contributed by atoms with Crippen LogP contribution in [0.15, 0.2) is 47.6 Å². The van der Waals surface area contributed by atoms with Crippen molar-refractivity contribution in [2.75, 3.05) is 51.2 Å². The molecule has 1 saturated carbocycles. The number of aliphatic hydroxyl groups excluding tert-OH is 1. The van der Waals surface area contributed by atoms with E-state index in [0.29, 0.717) is 85.4 Å². The number of Topliss-reactive ketones (excluding diaryl/α,β-unsaturated/α-hetero) is 3. The Kier molecular flexibility index (Phi) is 31.4. The van der Waals surface area contributed by atoms with Crippen LogP contribution in [0.2, 0.25) is 0 Å². The van der Waals surface area contributed by atoms with E-state index in [-0.39, 0.29) is 98.7 Å². The number of carbonyl (C=O) groups is 9. The summed E-state index contributed by atoms with van der Waals surface area (Å²) in [6.45, 7) is 16.8. The Morgan fingerprint density at radius 2 is 1.46 bits per heavy atom. The van der Waals surface area contributed by atoms with E-state index >= 15 is 0 Å². The molecule has 2 bridgehead atoms. The molecular weight excluding hydrogens is 1520 g/mol. The zero-order valence-corrected chi connectivity index (χ0v) is 61.0. The lowest BCUT2D eigenvalue weighted by atomic mass is 9.78. The van der Waals surface area contributed by atoms with Crippen LogP contribution in [0.3, 0.4) is 0 Å². The zero-order valence-electron chi connectivity index (χ0n) is 54.6. The highest BCUT2D eigenvalue weighted by atomic mass is 127. The molecule has 2 saturated heterocycles. The highest BCUT2D eigenvalue weighted by Gasteiger charge is 2.53. The highest BCUT2D eigenvalue weighted by molar-refractivity contribution is 14.1. The summed E-state index contributed by atoms with van der Waals surface area (Å²) in [4.78, 5) is 124. The fourth-order valence-electron chi connectivity index (χ4n) is 12.5. The number of nitrogens with zero attached hydrogens (tertiary/aromatic N) is 1.